The van der Waals surface area contributed by atoms with Crippen LogP contribution >= 0.6 is 11.8 Å². The first kappa shape index (κ1) is 33.0. The van der Waals surface area contributed by atoms with Crippen LogP contribution < -0.4 is 0 Å². The highest BCUT2D eigenvalue weighted by molar-refractivity contribution is 7.99. The number of hydrogen-bond donors (Lipinski definition) is 0. The van der Waals surface area contributed by atoms with E-state index >= 15 is 0 Å². The van der Waals surface area contributed by atoms with E-state index in [0.29, 0.717) is 5.82 Å². The van der Waals surface area contributed by atoms with Crippen molar-refractivity contribution in [2.24, 2.45) is 0 Å². The third kappa shape index (κ3) is 4.85. The van der Waals surface area contributed by atoms with Gasteiger partial charge in [0.15, 0.2) is 5.82 Å². The Morgan fingerprint density at radius 1 is 0.379 bits per heavy atom. The summed E-state index contributed by atoms with van der Waals surface area (Å²) in [5.74, 6) is 0.699. The van der Waals surface area contributed by atoms with Gasteiger partial charge in [-0.25, -0.2) is 15.0 Å². The van der Waals surface area contributed by atoms with Crippen LogP contribution in [0.1, 0.15) is 22.3 Å². The molecule has 0 saturated carbocycles. The normalized spacial score (nSPS) is 13.2. The van der Waals surface area contributed by atoms with E-state index in [1.54, 1.807) is 0 Å². The Kier molecular flexibility index (Phi) is 7.38. The Balaban J connectivity index is 1.17. The minimum Gasteiger partial charge on any atom is -0.247 e. The van der Waals surface area contributed by atoms with Gasteiger partial charge in [0, 0.05) is 42.8 Å². The van der Waals surface area contributed by atoms with Gasteiger partial charge in [-0.1, -0.05) is 182 Å². The summed E-state index contributed by atoms with van der Waals surface area (Å²) in [6.45, 7) is 0. The second-order valence-corrected chi connectivity index (χ2v) is 16.1. The third-order valence-electron chi connectivity index (χ3n) is 11.9. The lowest BCUT2D eigenvalue weighted by atomic mass is 9.67. The molecule has 8 aromatic carbocycles. The van der Waals surface area contributed by atoms with E-state index < -0.39 is 5.41 Å². The standard InChI is InChI=1S/C54H33N3S/c1-4-16-34(17-5-1)46-33-47(57-53(56-46)36-20-8-3-9-21-36)37-28-31-45-40(32-37)38-29-30-44-50(51(38)52(55-45)35-18-6-2-7-19-35)39-22-10-11-23-41(39)54(44)42-24-12-14-26-48(42)58-49-27-15-13-25-43(49)54/h1-33H. The Bertz CT molecular complexity index is 3150. The van der Waals surface area contributed by atoms with Gasteiger partial charge in [-0.3, -0.25) is 0 Å². The molecular weight excluding hydrogens is 723 g/mol. The Morgan fingerprint density at radius 2 is 0.948 bits per heavy atom. The first-order valence-electron chi connectivity index (χ1n) is 19.7. The SMILES string of the molecule is c1ccc(-c2cc(-c3ccc4nc(-c5ccccc5)c5c6c(ccc5c4c3)C3(c4ccccc4Sc4ccccc43)c3ccccc3-6)nc(-c3ccccc3)n2)cc1. The molecule has 0 N–H and O–H groups in total. The molecule has 4 heteroatoms. The smallest absolute Gasteiger partial charge is 0.160 e. The zero-order chi connectivity index (χ0) is 38.2. The van der Waals surface area contributed by atoms with Crippen molar-refractivity contribution in [1.29, 1.82) is 0 Å². The van der Waals surface area contributed by atoms with E-state index in [2.05, 4.69) is 176 Å². The fraction of sp³-hybridized carbons (Fsp3) is 0.0185. The molecule has 2 aromatic heterocycles. The highest BCUT2D eigenvalue weighted by atomic mass is 32.2. The molecule has 1 spiro atoms. The molecule has 1 aliphatic heterocycles. The molecule has 3 nitrogen and oxygen atoms in total. The average molecular weight is 756 g/mol. The summed E-state index contributed by atoms with van der Waals surface area (Å²) < 4.78 is 0. The number of nitrogens with zero attached hydrogens (tertiary/aromatic N) is 3. The van der Waals surface area contributed by atoms with E-state index in [0.717, 1.165) is 50.2 Å². The fourth-order valence-corrected chi connectivity index (χ4v) is 10.7. The molecule has 0 unspecified atom stereocenters. The summed E-state index contributed by atoms with van der Waals surface area (Å²) in [5, 5.41) is 3.43. The van der Waals surface area contributed by atoms with Gasteiger partial charge in [0.1, 0.15) is 0 Å². The van der Waals surface area contributed by atoms with Gasteiger partial charge >= 0.3 is 0 Å². The summed E-state index contributed by atoms with van der Waals surface area (Å²) in [5.41, 5.74) is 15.1. The Morgan fingerprint density at radius 3 is 1.64 bits per heavy atom. The van der Waals surface area contributed by atoms with Crippen LogP contribution in [0.15, 0.2) is 210 Å². The topological polar surface area (TPSA) is 38.7 Å². The predicted molar refractivity (Wildman–Crippen MR) is 238 cm³/mol. The van der Waals surface area contributed by atoms with Crippen molar-refractivity contribution in [3.63, 3.8) is 0 Å². The van der Waals surface area contributed by atoms with E-state index in [1.165, 1.54) is 53.9 Å². The molecule has 0 bridgehead atoms. The second-order valence-electron chi connectivity index (χ2n) is 15.1. The maximum Gasteiger partial charge on any atom is 0.160 e. The number of benzene rings is 8. The maximum absolute atomic E-state index is 5.57. The van der Waals surface area contributed by atoms with Crippen molar-refractivity contribution in [1.82, 2.24) is 15.0 Å². The van der Waals surface area contributed by atoms with E-state index in [1.807, 2.05) is 36.0 Å². The molecule has 1 aliphatic carbocycles. The van der Waals surface area contributed by atoms with E-state index in [4.69, 9.17) is 15.0 Å². The molecule has 58 heavy (non-hydrogen) atoms. The van der Waals surface area contributed by atoms with E-state index in [9.17, 15) is 0 Å². The Labute approximate surface area is 340 Å². The van der Waals surface area contributed by atoms with Crippen molar-refractivity contribution in [3.8, 4) is 56.3 Å². The van der Waals surface area contributed by atoms with Gasteiger partial charge in [0.2, 0.25) is 0 Å². The fourth-order valence-electron chi connectivity index (χ4n) is 9.47. The van der Waals surface area contributed by atoms with Crippen LogP contribution in [0.3, 0.4) is 0 Å². The lowest BCUT2D eigenvalue weighted by molar-refractivity contribution is 0.723. The van der Waals surface area contributed by atoms with Crippen molar-refractivity contribution in [2.75, 3.05) is 0 Å². The van der Waals surface area contributed by atoms with Crippen molar-refractivity contribution in [3.05, 3.63) is 222 Å². The van der Waals surface area contributed by atoms with Crippen LogP contribution in [-0.2, 0) is 5.41 Å². The number of aromatic nitrogens is 3. The number of pyridine rings is 1. The van der Waals surface area contributed by atoms with Crippen molar-refractivity contribution >= 4 is 33.4 Å². The summed E-state index contributed by atoms with van der Waals surface area (Å²) >= 11 is 1.87. The van der Waals surface area contributed by atoms with Crippen LogP contribution in [0, 0.1) is 0 Å². The number of rotatable bonds is 4. The summed E-state index contributed by atoms with van der Waals surface area (Å²) in [4.78, 5) is 18.4. The Hall–Kier alpha value is -7.14. The summed E-state index contributed by atoms with van der Waals surface area (Å²) in [7, 11) is 0. The highest BCUT2D eigenvalue weighted by Gasteiger charge is 2.50. The number of hydrogen-bond acceptors (Lipinski definition) is 4. The summed E-state index contributed by atoms with van der Waals surface area (Å²) in [6.07, 6.45) is 0. The van der Waals surface area contributed by atoms with Crippen LogP contribution in [0.25, 0.3) is 78.0 Å². The van der Waals surface area contributed by atoms with Crippen molar-refractivity contribution in [2.45, 2.75) is 15.2 Å². The number of fused-ring (bicyclic) bond motifs is 13. The van der Waals surface area contributed by atoms with Crippen LogP contribution in [-0.4, -0.2) is 15.0 Å². The van der Waals surface area contributed by atoms with Gasteiger partial charge in [-0.05, 0) is 69.1 Å². The van der Waals surface area contributed by atoms with Gasteiger partial charge in [-0.2, -0.15) is 0 Å². The molecule has 0 saturated heterocycles. The molecule has 12 rings (SSSR count). The third-order valence-corrected chi connectivity index (χ3v) is 13.1. The van der Waals surface area contributed by atoms with Crippen LogP contribution in [0.2, 0.25) is 0 Å². The first-order valence-corrected chi connectivity index (χ1v) is 20.5. The summed E-state index contributed by atoms with van der Waals surface area (Å²) in [6, 6.07) is 71.8. The molecule has 0 fully saturated rings. The van der Waals surface area contributed by atoms with Gasteiger partial charge in [0.25, 0.3) is 0 Å². The van der Waals surface area contributed by atoms with Gasteiger partial charge in [0.05, 0.1) is 28.0 Å². The molecule has 10 aromatic rings. The minimum atomic E-state index is -0.480. The lowest BCUT2D eigenvalue weighted by Gasteiger charge is -2.39. The molecule has 0 radical (unpaired) electrons. The highest BCUT2D eigenvalue weighted by Crippen LogP contribution is 2.63. The largest absolute Gasteiger partial charge is 0.247 e. The molecule has 2 aliphatic rings. The lowest BCUT2D eigenvalue weighted by Crippen LogP contribution is -2.31. The van der Waals surface area contributed by atoms with Crippen molar-refractivity contribution < 1.29 is 0 Å². The molecule has 3 heterocycles. The zero-order valence-electron chi connectivity index (χ0n) is 31.3. The predicted octanol–water partition coefficient (Wildman–Crippen LogP) is 13.7. The molecule has 0 atom stereocenters. The first-order chi connectivity index (χ1) is 28.8. The van der Waals surface area contributed by atoms with Gasteiger partial charge < -0.3 is 0 Å². The average Bonchev–Trinajstić information content (AvgIpc) is 3.60. The molecule has 270 valence electrons. The van der Waals surface area contributed by atoms with Crippen LogP contribution in [0.5, 0.6) is 0 Å². The maximum atomic E-state index is 5.57. The zero-order valence-corrected chi connectivity index (χ0v) is 32.1. The minimum absolute atomic E-state index is 0.480. The van der Waals surface area contributed by atoms with E-state index in [-0.39, 0.29) is 0 Å². The monoisotopic (exact) mass is 755 g/mol. The molecule has 0 amide bonds. The second kappa shape index (κ2) is 13.0. The quantitative estimate of drug-likeness (QED) is 0.168. The molecular formula is C54H33N3S. The van der Waals surface area contributed by atoms with Gasteiger partial charge in [-0.15, -0.1) is 0 Å². The van der Waals surface area contributed by atoms with Crippen LogP contribution in [0.4, 0.5) is 0 Å².